The molecule has 1 aliphatic carbocycles. The largest absolute Gasteiger partial charge is 0.393 e. The number of hydrogen-bond donors (Lipinski definition) is 3. The lowest BCUT2D eigenvalue weighted by Gasteiger charge is -2.26. The first-order chi connectivity index (χ1) is 14.6. The Kier molecular flexibility index (Phi) is 4.78. The third-order valence-corrected chi connectivity index (χ3v) is 5.75. The van der Waals surface area contributed by atoms with Gasteiger partial charge in [0.2, 0.25) is 5.95 Å². The van der Waals surface area contributed by atoms with Gasteiger partial charge in [-0.25, -0.2) is 0 Å². The van der Waals surface area contributed by atoms with Crippen LogP contribution in [0.25, 0.3) is 16.6 Å². The summed E-state index contributed by atoms with van der Waals surface area (Å²) in [5, 5.41) is 26.9. The second-order valence-electron chi connectivity index (χ2n) is 8.35. The molecule has 1 fully saturated rings. The number of aromatic nitrogens is 5. The van der Waals surface area contributed by atoms with Crippen LogP contribution in [0.5, 0.6) is 0 Å². The molecule has 1 aromatic carbocycles. The van der Waals surface area contributed by atoms with Gasteiger partial charge in [-0.2, -0.15) is 14.6 Å². The summed E-state index contributed by atoms with van der Waals surface area (Å²) in [6.07, 6.45) is 5.33. The fraction of sp³-hybridized carbons (Fsp3) is 0.409. The van der Waals surface area contributed by atoms with Crippen molar-refractivity contribution >= 4 is 34.0 Å². The summed E-state index contributed by atoms with van der Waals surface area (Å²) < 4.78 is 3.85. The highest BCUT2D eigenvalue weighted by molar-refractivity contribution is 5.83. The van der Waals surface area contributed by atoms with Gasteiger partial charge >= 0.3 is 0 Å². The van der Waals surface area contributed by atoms with Gasteiger partial charge in [0.05, 0.1) is 17.8 Å². The van der Waals surface area contributed by atoms with Crippen LogP contribution in [0.3, 0.4) is 0 Å². The minimum Gasteiger partial charge on any atom is -0.393 e. The summed E-state index contributed by atoms with van der Waals surface area (Å²) in [5.74, 6) is 1.47. The Labute approximate surface area is 174 Å². The Morgan fingerprint density at radius 3 is 2.73 bits per heavy atom. The van der Waals surface area contributed by atoms with E-state index in [0.717, 1.165) is 53.7 Å². The Hall–Kier alpha value is -3.13. The maximum Gasteiger partial charge on any atom is 0.247 e. The molecule has 3 N–H and O–H groups in total. The maximum absolute atomic E-state index is 9.74. The third-order valence-electron chi connectivity index (χ3n) is 5.75. The van der Waals surface area contributed by atoms with Gasteiger partial charge in [-0.3, -0.25) is 4.68 Å². The zero-order chi connectivity index (χ0) is 20.7. The number of aliphatic hydroxyl groups is 1. The molecule has 0 saturated heterocycles. The zero-order valence-electron chi connectivity index (χ0n) is 17.3. The van der Waals surface area contributed by atoms with E-state index in [9.17, 15) is 5.11 Å². The second kappa shape index (κ2) is 7.60. The number of benzene rings is 1. The molecule has 0 unspecified atom stereocenters. The molecule has 30 heavy (non-hydrogen) atoms. The van der Waals surface area contributed by atoms with Crippen molar-refractivity contribution in [2.45, 2.75) is 57.7 Å². The van der Waals surface area contributed by atoms with E-state index in [-0.39, 0.29) is 6.10 Å². The molecule has 4 aromatic rings. The highest BCUT2D eigenvalue weighted by Crippen LogP contribution is 2.25. The molecule has 0 atom stereocenters. The van der Waals surface area contributed by atoms with Gasteiger partial charge < -0.3 is 15.7 Å². The summed E-state index contributed by atoms with van der Waals surface area (Å²) >= 11 is 0. The van der Waals surface area contributed by atoms with Crippen LogP contribution in [0.2, 0.25) is 0 Å². The molecule has 0 spiro atoms. The Balaban J connectivity index is 1.40. The van der Waals surface area contributed by atoms with Crippen molar-refractivity contribution in [3.05, 3.63) is 42.6 Å². The predicted octanol–water partition coefficient (Wildman–Crippen LogP) is 4.12. The van der Waals surface area contributed by atoms with Crippen molar-refractivity contribution < 1.29 is 5.11 Å². The van der Waals surface area contributed by atoms with Crippen LogP contribution in [-0.4, -0.2) is 41.6 Å². The van der Waals surface area contributed by atoms with Crippen molar-refractivity contribution in [1.29, 1.82) is 0 Å². The van der Waals surface area contributed by atoms with Gasteiger partial charge in [0.15, 0.2) is 5.65 Å². The van der Waals surface area contributed by atoms with E-state index in [1.54, 1.807) is 0 Å². The minimum absolute atomic E-state index is 0.162. The smallest absolute Gasteiger partial charge is 0.247 e. The van der Waals surface area contributed by atoms with Gasteiger partial charge in [0.1, 0.15) is 5.82 Å². The molecule has 156 valence electrons. The van der Waals surface area contributed by atoms with E-state index in [1.165, 1.54) is 0 Å². The van der Waals surface area contributed by atoms with Crippen LogP contribution < -0.4 is 10.6 Å². The van der Waals surface area contributed by atoms with Gasteiger partial charge in [0.25, 0.3) is 0 Å². The molecular weight excluding hydrogens is 378 g/mol. The molecule has 1 saturated carbocycles. The first-order valence-electron chi connectivity index (χ1n) is 10.6. The SMILES string of the molecule is CC(C)n1ncc2ccc(Nc3nc4cccc(N[C@H]5CC[C@@H](O)CC5)n4n3)cc21. The molecule has 8 nitrogen and oxygen atoms in total. The van der Waals surface area contributed by atoms with E-state index < -0.39 is 0 Å². The van der Waals surface area contributed by atoms with E-state index in [0.29, 0.717) is 18.0 Å². The number of rotatable bonds is 5. The van der Waals surface area contributed by atoms with Gasteiger partial charge in [-0.05, 0) is 69.9 Å². The van der Waals surface area contributed by atoms with E-state index >= 15 is 0 Å². The monoisotopic (exact) mass is 405 g/mol. The average Bonchev–Trinajstić information content (AvgIpc) is 3.33. The normalized spacial score (nSPS) is 19.6. The van der Waals surface area contributed by atoms with Crippen LogP contribution in [-0.2, 0) is 0 Å². The van der Waals surface area contributed by atoms with Gasteiger partial charge in [0, 0.05) is 23.2 Å². The second-order valence-corrected chi connectivity index (χ2v) is 8.35. The predicted molar refractivity (Wildman–Crippen MR) is 118 cm³/mol. The Morgan fingerprint density at radius 1 is 1.10 bits per heavy atom. The van der Waals surface area contributed by atoms with Crippen LogP contribution in [0.4, 0.5) is 17.5 Å². The molecule has 5 rings (SSSR count). The van der Waals surface area contributed by atoms with Crippen molar-refractivity contribution in [2.24, 2.45) is 0 Å². The van der Waals surface area contributed by atoms with Crippen LogP contribution in [0, 0.1) is 0 Å². The van der Waals surface area contributed by atoms with Crippen LogP contribution in [0.15, 0.2) is 42.6 Å². The molecule has 0 radical (unpaired) electrons. The molecule has 0 aliphatic heterocycles. The molecule has 1 aliphatic rings. The highest BCUT2D eigenvalue weighted by Gasteiger charge is 2.20. The third kappa shape index (κ3) is 3.59. The first kappa shape index (κ1) is 18.9. The number of aliphatic hydroxyl groups excluding tert-OH is 1. The molecule has 0 amide bonds. The maximum atomic E-state index is 9.74. The standard InChI is InChI=1S/C22H27N7O/c1-14(2)28-19-12-17(7-6-15(19)13-23-28)25-22-26-21-5-3-4-20(29(21)27-22)24-16-8-10-18(30)11-9-16/h3-7,12-14,16,18,24,30H,8-11H2,1-2H3,(H,25,27)/t16-,18+. The Morgan fingerprint density at radius 2 is 1.93 bits per heavy atom. The van der Waals surface area contributed by atoms with E-state index in [4.69, 9.17) is 0 Å². The topological polar surface area (TPSA) is 92.3 Å². The average molecular weight is 406 g/mol. The van der Waals surface area contributed by atoms with Crippen molar-refractivity contribution in [3.8, 4) is 0 Å². The first-order valence-corrected chi connectivity index (χ1v) is 10.6. The lowest BCUT2D eigenvalue weighted by Crippen LogP contribution is -2.29. The van der Waals surface area contributed by atoms with Crippen LogP contribution >= 0.6 is 0 Å². The summed E-state index contributed by atoms with van der Waals surface area (Å²) in [5.41, 5.74) is 2.80. The Bertz CT molecular complexity index is 1170. The van der Waals surface area contributed by atoms with Crippen molar-refractivity contribution in [3.63, 3.8) is 0 Å². The molecule has 8 heteroatoms. The molecule has 3 aromatic heterocycles. The lowest BCUT2D eigenvalue weighted by atomic mass is 9.93. The highest BCUT2D eigenvalue weighted by atomic mass is 16.3. The van der Waals surface area contributed by atoms with E-state index in [2.05, 4.69) is 51.8 Å². The van der Waals surface area contributed by atoms with Crippen molar-refractivity contribution in [1.82, 2.24) is 24.4 Å². The fourth-order valence-electron chi connectivity index (χ4n) is 4.15. The number of nitrogens with one attached hydrogen (secondary N) is 2. The van der Waals surface area contributed by atoms with Gasteiger partial charge in [-0.1, -0.05) is 6.07 Å². The number of fused-ring (bicyclic) bond motifs is 2. The number of nitrogens with zero attached hydrogens (tertiary/aromatic N) is 5. The van der Waals surface area contributed by atoms with E-state index in [1.807, 2.05) is 39.7 Å². The lowest BCUT2D eigenvalue weighted by molar-refractivity contribution is 0.126. The summed E-state index contributed by atoms with van der Waals surface area (Å²) in [6, 6.07) is 12.8. The molecule has 0 bridgehead atoms. The molecule has 3 heterocycles. The fourth-order valence-corrected chi connectivity index (χ4v) is 4.15. The van der Waals surface area contributed by atoms with Crippen LogP contribution in [0.1, 0.15) is 45.6 Å². The quantitative estimate of drug-likeness (QED) is 0.463. The summed E-state index contributed by atoms with van der Waals surface area (Å²) in [6.45, 7) is 4.25. The number of pyridine rings is 1. The minimum atomic E-state index is -0.162. The summed E-state index contributed by atoms with van der Waals surface area (Å²) in [4.78, 5) is 4.64. The number of anilines is 3. The van der Waals surface area contributed by atoms with Crippen molar-refractivity contribution in [2.75, 3.05) is 10.6 Å². The number of hydrogen-bond acceptors (Lipinski definition) is 6. The zero-order valence-corrected chi connectivity index (χ0v) is 17.3. The van der Waals surface area contributed by atoms with Gasteiger partial charge in [-0.15, -0.1) is 5.10 Å². The molecular formula is C22H27N7O. The summed E-state index contributed by atoms with van der Waals surface area (Å²) in [7, 11) is 0.